The van der Waals surface area contributed by atoms with Gasteiger partial charge in [-0.25, -0.2) is 9.59 Å². The Morgan fingerprint density at radius 1 is 1.10 bits per heavy atom. The van der Waals surface area contributed by atoms with Crippen molar-refractivity contribution >= 4 is 18.1 Å². The van der Waals surface area contributed by atoms with Gasteiger partial charge < -0.3 is 18.9 Å². The molecule has 0 amide bonds. The third kappa shape index (κ3) is 5.78. The van der Waals surface area contributed by atoms with Crippen LogP contribution in [0.3, 0.4) is 0 Å². The highest BCUT2D eigenvalue weighted by Gasteiger charge is 2.42. The number of rotatable bonds is 6. The second kappa shape index (κ2) is 8.44. The first kappa shape index (κ1) is 17.3. The highest BCUT2D eigenvalue weighted by Crippen LogP contribution is 2.19. The Morgan fingerprint density at radius 3 is 2.15 bits per heavy atom. The summed E-state index contributed by atoms with van der Waals surface area (Å²) in [5.74, 6) is 2.31. The third-order valence-electron chi connectivity index (χ3n) is 1.99. The first-order valence-corrected chi connectivity index (χ1v) is 5.36. The number of esters is 2. The lowest BCUT2D eigenvalue weighted by molar-refractivity contribution is -0.171. The Balaban J connectivity index is 4.91. The van der Waals surface area contributed by atoms with Gasteiger partial charge in [0.05, 0.1) is 13.5 Å². The summed E-state index contributed by atoms with van der Waals surface area (Å²) in [6, 6.07) is 0. The Bertz CT molecular complexity index is 454. The van der Waals surface area contributed by atoms with Gasteiger partial charge in [0.2, 0.25) is 5.60 Å². The summed E-state index contributed by atoms with van der Waals surface area (Å²) >= 11 is 0. The minimum Gasteiger partial charge on any atom is -0.452 e. The van der Waals surface area contributed by atoms with E-state index >= 15 is 0 Å². The first-order chi connectivity index (χ1) is 9.39. The summed E-state index contributed by atoms with van der Waals surface area (Å²) in [4.78, 5) is 34.4. The summed E-state index contributed by atoms with van der Waals surface area (Å²) in [7, 11) is 1.05. The maximum absolute atomic E-state index is 11.8. The average Bonchev–Trinajstić information content (AvgIpc) is 2.41. The number of hydrogen-bond acceptors (Lipinski definition) is 7. The zero-order valence-electron chi connectivity index (χ0n) is 11.1. The molecule has 0 spiro atoms. The normalized spacial score (nSPS) is 12.0. The lowest BCUT2D eigenvalue weighted by atomic mass is 10.0. The standard InChI is InChI=1S/C13H14O7/c1-5-7-18-10(14)9-13(3,20-12(16)17-4)11(15)19-8-6-2/h1-2H,7-9H2,3-4H3. The third-order valence-corrected chi connectivity index (χ3v) is 1.99. The lowest BCUT2D eigenvalue weighted by Crippen LogP contribution is -2.44. The largest absolute Gasteiger partial charge is 0.509 e. The molecule has 0 aromatic heterocycles. The van der Waals surface area contributed by atoms with Gasteiger partial charge in [0.15, 0.2) is 13.2 Å². The molecule has 0 fully saturated rings. The second-order valence-electron chi connectivity index (χ2n) is 3.61. The number of hydrogen-bond donors (Lipinski definition) is 0. The van der Waals surface area contributed by atoms with E-state index in [-0.39, 0.29) is 13.2 Å². The van der Waals surface area contributed by atoms with Gasteiger partial charge in [-0.05, 0) is 6.92 Å². The van der Waals surface area contributed by atoms with Gasteiger partial charge >= 0.3 is 18.1 Å². The van der Waals surface area contributed by atoms with Crippen molar-refractivity contribution in [2.75, 3.05) is 20.3 Å². The van der Waals surface area contributed by atoms with Crippen LogP contribution < -0.4 is 0 Å². The van der Waals surface area contributed by atoms with Gasteiger partial charge in [0.25, 0.3) is 0 Å². The highest BCUT2D eigenvalue weighted by molar-refractivity contribution is 5.87. The van der Waals surface area contributed by atoms with E-state index in [1.807, 2.05) is 0 Å². The fraction of sp³-hybridized carbons (Fsp3) is 0.462. The van der Waals surface area contributed by atoms with Crippen LogP contribution in [-0.4, -0.2) is 44.0 Å². The molecule has 0 rings (SSSR count). The predicted molar refractivity (Wildman–Crippen MR) is 66.1 cm³/mol. The number of carbonyl (C=O) groups is 3. The van der Waals surface area contributed by atoms with Crippen LogP contribution in [0.4, 0.5) is 4.79 Å². The maximum atomic E-state index is 11.8. The van der Waals surface area contributed by atoms with E-state index in [2.05, 4.69) is 26.1 Å². The molecule has 7 nitrogen and oxygen atoms in total. The highest BCUT2D eigenvalue weighted by atomic mass is 16.7. The maximum Gasteiger partial charge on any atom is 0.509 e. The predicted octanol–water partition coefficient (Wildman–Crippen LogP) is 0.271. The minimum atomic E-state index is -1.92. The van der Waals surface area contributed by atoms with Crippen LogP contribution in [0.1, 0.15) is 13.3 Å². The van der Waals surface area contributed by atoms with Crippen LogP contribution in [0, 0.1) is 24.7 Å². The van der Waals surface area contributed by atoms with Crippen LogP contribution in [0.5, 0.6) is 0 Å². The smallest absolute Gasteiger partial charge is 0.452 e. The van der Waals surface area contributed by atoms with E-state index in [1.165, 1.54) is 6.92 Å². The number of carbonyl (C=O) groups excluding carboxylic acids is 3. The summed E-state index contributed by atoms with van der Waals surface area (Å²) in [5, 5.41) is 0. The number of methoxy groups -OCH3 is 1. The minimum absolute atomic E-state index is 0.271. The summed E-state index contributed by atoms with van der Waals surface area (Å²) in [6.07, 6.45) is 8.12. The Kier molecular flexibility index (Phi) is 7.31. The molecule has 7 heteroatoms. The molecule has 0 aliphatic carbocycles. The van der Waals surface area contributed by atoms with E-state index < -0.39 is 30.1 Å². The molecule has 0 bridgehead atoms. The van der Waals surface area contributed by atoms with Crippen molar-refractivity contribution in [3.63, 3.8) is 0 Å². The van der Waals surface area contributed by atoms with E-state index in [0.717, 1.165) is 7.11 Å². The Morgan fingerprint density at radius 2 is 1.65 bits per heavy atom. The summed E-state index contributed by atoms with van der Waals surface area (Å²) in [6.45, 7) is 0.560. The molecule has 0 heterocycles. The monoisotopic (exact) mass is 282 g/mol. The van der Waals surface area contributed by atoms with Gasteiger partial charge in [-0.2, -0.15) is 0 Å². The topological polar surface area (TPSA) is 88.1 Å². The molecule has 0 aromatic carbocycles. The summed E-state index contributed by atoms with van der Waals surface area (Å²) in [5.41, 5.74) is -1.92. The average molecular weight is 282 g/mol. The molecule has 1 atom stereocenters. The zero-order valence-corrected chi connectivity index (χ0v) is 11.1. The van der Waals surface area contributed by atoms with Crippen LogP contribution in [0.15, 0.2) is 0 Å². The van der Waals surface area contributed by atoms with Crippen molar-refractivity contribution in [2.24, 2.45) is 0 Å². The molecule has 0 aromatic rings. The molecule has 0 saturated carbocycles. The van der Waals surface area contributed by atoms with Crippen molar-refractivity contribution in [1.29, 1.82) is 0 Å². The zero-order chi connectivity index (χ0) is 15.6. The van der Waals surface area contributed by atoms with E-state index in [1.54, 1.807) is 0 Å². The lowest BCUT2D eigenvalue weighted by Gasteiger charge is -2.25. The molecular formula is C13H14O7. The van der Waals surface area contributed by atoms with Crippen molar-refractivity contribution in [3.8, 4) is 24.7 Å². The molecule has 108 valence electrons. The van der Waals surface area contributed by atoms with Crippen molar-refractivity contribution in [2.45, 2.75) is 18.9 Å². The molecule has 1 unspecified atom stereocenters. The molecule has 0 N–H and O–H groups in total. The molecule has 0 radical (unpaired) electrons. The van der Waals surface area contributed by atoms with Gasteiger partial charge in [-0.15, -0.1) is 12.8 Å². The van der Waals surface area contributed by atoms with Crippen molar-refractivity contribution in [1.82, 2.24) is 0 Å². The first-order valence-electron chi connectivity index (χ1n) is 5.36. The van der Waals surface area contributed by atoms with Crippen LogP contribution >= 0.6 is 0 Å². The Hall–Kier alpha value is -2.67. The number of terminal acetylenes is 2. The quantitative estimate of drug-likeness (QED) is 0.392. The number of ether oxygens (including phenoxy) is 4. The fourth-order valence-corrected chi connectivity index (χ4v) is 1.08. The van der Waals surface area contributed by atoms with E-state index in [9.17, 15) is 14.4 Å². The van der Waals surface area contributed by atoms with Gasteiger partial charge in [-0.3, -0.25) is 4.79 Å². The molecule has 0 aliphatic rings. The van der Waals surface area contributed by atoms with E-state index in [4.69, 9.17) is 17.6 Å². The van der Waals surface area contributed by atoms with Crippen molar-refractivity contribution in [3.05, 3.63) is 0 Å². The van der Waals surface area contributed by atoms with Gasteiger partial charge in [-0.1, -0.05) is 11.8 Å². The van der Waals surface area contributed by atoms with Crippen LogP contribution in [0.25, 0.3) is 0 Å². The van der Waals surface area contributed by atoms with Gasteiger partial charge in [0, 0.05) is 0 Å². The van der Waals surface area contributed by atoms with Crippen LogP contribution in [0.2, 0.25) is 0 Å². The fourth-order valence-electron chi connectivity index (χ4n) is 1.08. The molecule has 0 saturated heterocycles. The van der Waals surface area contributed by atoms with Crippen LogP contribution in [-0.2, 0) is 28.5 Å². The van der Waals surface area contributed by atoms with Gasteiger partial charge in [0.1, 0.15) is 0 Å². The van der Waals surface area contributed by atoms with E-state index in [0.29, 0.717) is 0 Å². The SMILES string of the molecule is C#CCOC(=O)CC(C)(OC(=O)OC)C(=O)OCC#C. The van der Waals surface area contributed by atoms with Crippen molar-refractivity contribution < 1.29 is 33.3 Å². The molecule has 0 aliphatic heterocycles. The Labute approximate surface area is 116 Å². The second-order valence-corrected chi connectivity index (χ2v) is 3.61. The molecular weight excluding hydrogens is 268 g/mol. The summed E-state index contributed by atoms with van der Waals surface area (Å²) < 4.78 is 18.3. The molecule has 20 heavy (non-hydrogen) atoms.